The van der Waals surface area contributed by atoms with E-state index in [-0.39, 0.29) is 0 Å². The van der Waals surface area contributed by atoms with Crippen molar-refractivity contribution in [3.8, 4) is 0 Å². The lowest BCUT2D eigenvalue weighted by Gasteiger charge is -2.08. The monoisotopic (exact) mass is 236 g/mol. The number of carbonyl (C=O) groups is 1. The summed E-state index contributed by atoms with van der Waals surface area (Å²) in [6.07, 6.45) is 3.32. The molecule has 0 bridgehead atoms. The summed E-state index contributed by atoms with van der Waals surface area (Å²) in [5, 5.41) is 2.70. The number of benzene rings is 1. The van der Waals surface area contributed by atoms with E-state index in [1.54, 1.807) is 11.9 Å². The van der Waals surface area contributed by atoms with Gasteiger partial charge in [0.25, 0.3) is 0 Å². The van der Waals surface area contributed by atoms with Crippen LogP contribution in [0.1, 0.15) is 24.0 Å². The minimum absolute atomic E-state index is 0.604. The zero-order valence-electron chi connectivity index (χ0n) is 9.32. The Bertz CT molecular complexity index is 377. The minimum atomic E-state index is 0.604. The summed E-state index contributed by atoms with van der Waals surface area (Å²) < 4.78 is 3.40. The van der Waals surface area contributed by atoms with Crippen molar-refractivity contribution in [2.24, 2.45) is 0 Å². The van der Waals surface area contributed by atoms with Gasteiger partial charge in [0.15, 0.2) is 0 Å². The summed E-state index contributed by atoms with van der Waals surface area (Å²) >= 11 is 1.68. The molecule has 0 saturated heterocycles. The van der Waals surface area contributed by atoms with E-state index >= 15 is 0 Å². The number of amides is 1. The van der Waals surface area contributed by atoms with Crippen LogP contribution >= 0.6 is 11.9 Å². The molecule has 2 rings (SSSR count). The molecule has 2 N–H and O–H groups in total. The van der Waals surface area contributed by atoms with Crippen molar-refractivity contribution >= 4 is 18.4 Å². The van der Waals surface area contributed by atoms with E-state index in [2.05, 4.69) is 35.2 Å². The van der Waals surface area contributed by atoms with Crippen LogP contribution < -0.4 is 10.0 Å². The van der Waals surface area contributed by atoms with Gasteiger partial charge in [-0.2, -0.15) is 0 Å². The predicted molar refractivity (Wildman–Crippen MR) is 66.1 cm³/mol. The van der Waals surface area contributed by atoms with Gasteiger partial charge in [0, 0.05) is 17.5 Å². The van der Waals surface area contributed by atoms with Crippen molar-refractivity contribution < 1.29 is 4.79 Å². The van der Waals surface area contributed by atoms with Crippen LogP contribution in [0.2, 0.25) is 0 Å². The summed E-state index contributed by atoms with van der Waals surface area (Å²) in [6, 6.07) is 7.03. The van der Waals surface area contributed by atoms with Crippen molar-refractivity contribution in [3.63, 3.8) is 0 Å². The Morgan fingerprint density at radius 3 is 3.00 bits per heavy atom. The van der Waals surface area contributed by atoms with Crippen LogP contribution in [-0.2, 0) is 11.3 Å². The van der Waals surface area contributed by atoms with Crippen LogP contribution in [0, 0.1) is 6.92 Å². The van der Waals surface area contributed by atoms with Gasteiger partial charge in [-0.3, -0.25) is 9.52 Å². The number of hydrogen-bond acceptors (Lipinski definition) is 3. The molecule has 3 nitrogen and oxygen atoms in total. The van der Waals surface area contributed by atoms with Crippen molar-refractivity contribution in [2.45, 2.75) is 37.2 Å². The maximum Gasteiger partial charge on any atom is 0.207 e. The molecule has 0 atom stereocenters. The minimum Gasteiger partial charge on any atom is -0.355 e. The highest BCUT2D eigenvalue weighted by molar-refractivity contribution is 7.97. The van der Waals surface area contributed by atoms with Gasteiger partial charge in [0.05, 0.1) is 0 Å². The van der Waals surface area contributed by atoms with Crippen LogP contribution in [0.25, 0.3) is 0 Å². The topological polar surface area (TPSA) is 41.1 Å². The van der Waals surface area contributed by atoms with Crippen LogP contribution in [0.3, 0.4) is 0 Å². The van der Waals surface area contributed by atoms with Crippen LogP contribution in [0.5, 0.6) is 0 Å². The second-order valence-corrected chi connectivity index (χ2v) is 4.99. The van der Waals surface area contributed by atoms with Crippen molar-refractivity contribution in [1.29, 1.82) is 0 Å². The Kier molecular flexibility index (Phi) is 3.85. The Morgan fingerprint density at radius 1 is 1.50 bits per heavy atom. The second kappa shape index (κ2) is 5.37. The molecule has 1 aliphatic rings. The van der Waals surface area contributed by atoms with Gasteiger partial charge >= 0.3 is 0 Å². The first kappa shape index (κ1) is 11.5. The molecule has 86 valence electrons. The Labute approximate surface area is 100 Å². The van der Waals surface area contributed by atoms with E-state index in [1.165, 1.54) is 28.9 Å². The van der Waals surface area contributed by atoms with Crippen LogP contribution in [0.15, 0.2) is 23.1 Å². The highest BCUT2D eigenvalue weighted by Gasteiger charge is 2.20. The first-order valence-corrected chi connectivity index (χ1v) is 6.30. The molecule has 0 spiro atoms. The Balaban J connectivity index is 1.98. The lowest BCUT2D eigenvalue weighted by atomic mass is 10.1. The molecule has 1 aliphatic carbocycles. The predicted octanol–water partition coefficient (Wildman–Crippen LogP) is 2.00. The molecular formula is C12H16N2OS. The van der Waals surface area contributed by atoms with E-state index in [4.69, 9.17) is 0 Å². The lowest BCUT2D eigenvalue weighted by molar-refractivity contribution is -0.109. The molecule has 1 amide bonds. The summed E-state index contributed by atoms with van der Waals surface area (Å²) in [6.45, 7) is 2.66. The number of aryl methyl sites for hydroxylation is 1. The van der Waals surface area contributed by atoms with Gasteiger partial charge in [0.2, 0.25) is 6.41 Å². The quantitative estimate of drug-likeness (QED) is 0.586. The normalized spacial score (nSPS) is 14.8. The third-order valence-electron chi connectivity index (χ3n) is 2.62. The van der Waals surface area contributed by atoms with Crippen molar-refractivity contribution in [2.75, 3.05) is 0 Å². The highest BCUT2D eigenvalue weighted by atomic mass is 32.2. The smallest absolute Gasteiger partial charge is 0.207 e. The first-order chi connectivity index (χ1) is 7.79. The third kappa shape index (κ3) is 3.25. The fourth-order valence-electron chi connectivity index (χ4n) is 1.41. The molecule has 1 saturated carbocycles. The molecule has 1 fully saturated rings. The molecule has 0 aromatic heterocycles. The first-order valence-electron chi connectivity index (χ1n) is 5.48. The molecule has 0 unspecified atom stereocenters. The molecule has 0 aliphatic heterocycles. The molecule has 1 aromatic carbocycles. The summed E-state index contributed by atoms with van der Waals surface area (Å²) in [4.78, 5) is 11.5. The second-order valence-electron chi connectivity index (χ2n) is 4.08. The average molecular weight is 236 g/mol. The average Bonchev–Trinajstić information content (AvgIpc) is 3.10. The van der Waals surface area contributed by atoms with E-state index in [1.807, 2.05) is 0 Å². The van der Waals surface area contributed by atoms with Gasteiger partial charge in [0.1, 0.15) is 0 Å². The molecule has 1 aromatic rings. The molecule has 16 heavy (non-hydrogen) atoms. The maximum atomic E-state index is 10.3. The summed E-state index contributed by atoms with van der Waals surface area (Å²) in [5.74, 6) is 0. The fourth-order valence-corrected chi connectivity index (χ4v) is 2.28. The third-order valence-corrected chi connectivity index (χ3v) is 3.56. The van der Waals surface area contributed by atoms with E-state index in [0.29, 0.717) is 12.6 Å². The van der Waals surface area contributed by atoms with Crippen molar-refractivity contribution in [3.05, 3.63) is 29.3 Å². The van der Waals surface area contributed by atoms with Crippen molar-refractivity contribution in [1.82, 2.24) is 10.0 Å². The van der Waals surface area contributed by atoms with Crippen LogP contribution in [-0.4, -0.2) is 12.5 Å². The Hall–Kier alpha value is -1.00. The van der Waals surface area contributed by atoms with Gasteiger partial charge in [-0.25, -0.2) is 0 Å². The zero-order chi connectivity index (χ0) is 11.4. The molecule has 0 radical (unpaired) electrons. The highest BCUT2D eigenvalue weighted by Crippen LogP contribution is 2.26. The van der Waals surface area contributed by atoms with E-state index < -0.39 is 0 Å². The zero-order valence-corrected chi connectivity index (χ0v) is 10.1. The Morgan fingerprint density at radius 2 is 2.31 bits per heavy atom. The van der Waals surface area contributed by atoms with Gasteiger partial charge in [-0.1, -0.05) is 6.07 Å². The summed E-state index contributed by atoms with van der Waals surface area (Å²) in [7, 11) is 0. The standard InChI is InChI=1S/C12H16N2OS/c1-9-2-5-12(16-14-11-3-4-11)6-10(9)7-13-8-15/h2,5-6,8,11,14H,3-4,7H2,1H3,(H,13,15). The number of nitrogens with one attached hydrogen (secondary N) is 2. The molecule has 4 heteroatoms. The SMILES string of the molecule is Cc1ccc(SNC2CC2)cc1CNC=O. The van der Waals surface area contributed by atoms with Gasteiger partial charge < -0.3 is 5.32 Å². The summed E-state index contributed by atoms with van der Waals surface area (Å²) in [5.41, 5.74) is 2.39. The van der Waals surface area contributed by atoms with Gasteiger partial charge in [-0.15, -0.1) is 0 Å². The van der Waals surface area contributed by atoms with E-state index in [0.717, 1.165) is 6.41 Å². The molecular weight excluding hydrogens is 220 g/mol. The number of hydrogen-bond donors (Lipinski definition) is 2. The number of carbonyl (C=O) groups excluding carboxylic acids is 1. The fraction of sp³-hybridized carbons (Fsp3) is 0.417. The molecule has 0 heterocycles. The largest absolute Gasteiger partial charge is 0.355 e. The lowest BCUT2D eigenvalue weighted by Crippen LogP contribution is -2.11. The van der Waals surface area contributed by atoms with Crippen LogP contribution in [0.4, 0.5) is 0 Å². The van der Waals surface area contributed by atoms with E-state index in [9.17, 15) is 4.79 Å². The maximum absolute atomic E-state index is 10.3. The number of rotatable bonds is 6. The van der Waals surface area contributed by atoms with Gasteiger partial charge in [-0.05, 0) is 55.0 Å².